The Morgan fingerprint density at radius 1 is 1.27 bits per heavy atom. The largest absolute Gasteiger partial charge is 0.390 e. The summed E-state index contributed by atoms with van der Waals surface area (Å²) in [5, 5.41) is 5.04. The second kappa shape index (κ2) is 7.50. The number of unbranched alkanes of at least 4 members (excludes halogenated alkanes) is 1. The van der Waals surface area contributed by atoms with Gasteiger partial charge in [-0.05, 0) is 6.42 Å². The summed E-state index contributed by atoms with van der Waals surface area (Å²) in [5.41, 5.74) is 0. The first-order valence-electron chi connectivity index (χ1n) is 5.00. The van der Waals surface area contributed by atoms with Gasteiger partial charge < -0.3 is 10.6 Å². The highest BCUT2D eigenvalue weighted by molar-refractivity contribution is 5.77. The fourth-order valence-corrected chi connectivity index (χ4v) is 0.899. The Morgan fingerprint density at radius 3 is 2.47 bits per heavy atom. The second-order valence-corrected chi connectivity index (χ2v) is 3.25. The molecule has 15 heavy (non-hydrogen) atoms. The van der Waals surface area contributed by atoms with Gasteiger partial charge in [0.25, 0.3) is 0 Å². The van der Waals surface area contributed by atoms with Crippen molar-refractivity contribution in [2.24, 2.45) is 0 Å². The van der Waals surface area contributed by atoms with Crippen LogP contribution in [-0.4, -0.2) is 31.7 Å². The van der Waals surface area contributed by atoms with Crippen molar-refractivity contribution in [1.82, 2.24) is 10.6 Å². The van der Waals surface area contributed by atoms with Gasteiger partial charge in [0.2, 0.25) is 5.91 Å². The van der Waals surface area contributed by atoms with E-state index in [1.165, 1.54) is 0 Å². The molecule has 0 aromatic carbocycles. The Labute approximate surface area is 87.4 Å². The van der Waals surface area contributed by atoms with E-state index in [1.54, 1.807) is 0 Å². The summed E-state index contributed by atoms with van der Waals surface area (Å²) in [7, 11) is 0. The molecule has 0 bridgehead atoms. The molecule has 3 nitrogen and oxygen atoms in total. The highest BCUT2D eigenvalue weighted by Crippen LogP contribution is 2.17. The van der Waals surface area contributed by atoms with Crippen LogP contribution in [0.1, 0.15) is 26.2 Å². The van der Waals surface area contributed by atoms with Crippen LogP contribution < -0.4 is 10.6 Å². The average molecular weight is 226 g/mol. The van der Waals surface area contributed by atoms with Gasteiger partial charge >= 0.3 is 6.18 Å². The van der Waals surface area contributed by atoms with Crippen molar-refractivity contribution in [1.29, 1.82) is 0 Å². The standard InChI is InChI=1S/C9H17F3N2O/c1-2-3-5-14-8(15)7-13-6-4-9(10,11)12/h13H,2-7H2,1H3,(H,14,15). The molecule has 0 aliphatic carbocycles. The van der Waals surface area contributed by atoms with Crippen molar-refractivity contribution in [3.8, 4) is 0 Å². The maximum atomic E-state index is 11.7. The maximum absolute atomic E-state index is 11.7. The van der Waals surface area contributed by atoms with E-state index >= 15 is 0 Å². The minimum atomic E-state index is -4.16. The van der Waals surface area contributed by atoms with Gasteiger partial charge in [-0.3, -0.25) is 4.79 Å². The number of alkyl halides is 3. The Morgan fingerprint density at radius 2 is 1.93 bits per heavy atom. The predicted molar refractivity (Wildman–Crippen MR) is 51.5 cm³/mol. The van der Waals surface area contributed by atoms with Crippen molar-refractivity contribution < 1.29 is 18.0 Å². The molecule has 0 aromatic heterocycles. The molecular weight excluding hydrogens is 209 g/mol. The van der Waals surface area contributed by atoms with Crippen molar-refractivity contribution in [2.75, 3.05) is 19.6 Å². The number of carbonyl (C=O) groups is 1. The van der Waals surface area contributed by atoms with Gasteiger partial charge in [0.1, 0.15) is 0 Å². The van der Waals surface area contributed by atoms with Gasteiger partial charge in [-0.2, -0.15) is 13.2 Å². The normalized spacial score (nSPS) is 11.5. The lowest BCUT2D eigenvalue weighted by molar-refractivity contribution is -0.134. The summed E-state index contributed by atoms with van der Waals surface area (Å²) in [6.45, 7) is 2.30. The molecule has 0 aromatic rings. The fraction of sp³-hybridized carbons (Fsp3) is 0.889. The zero-order chi connectivity index (χ0) is 11.7. The van der Waals surface area contributed by atoms with Crippen molar-refractivity contribution >= 4 is 5.91 Å². The van der Waals surface area contributed by atoms with Crippen LogP contribution in [0.25, 0.3) is 0 Å². The summed E-state index contributed by atoms with van der Waals surface area (Å²) in [6.07, 6.45) is -3.21. The molecule has 0 atom stereocenters. The molecule has 0 spiro atoms. The molecule has 0 saturated carbocycles. The van der Waals surface area contributed by atoms with Gasteiger partial charge in [0, 0.05) is 13.1 Å². The molecule has 0 unspecified atom stereocenters. The summed E-state index contributed by atoms with van der Waals surface area (Å²) in [5.74, 6) is -0.259. The highest BCUT2D eigenvalue weighted by Gasteiger charge is 2.25. The first-order valence-corrected chi connectivity index (χ1v) is 5.00. The van der Waals surface area contributed by atoms with Crippen LogP contribution in [0.2, 0.25) is 0 Å². The summed E-state index contributed by atoms with van der Waals surface area (Å²) in [4.78, 5) is 11.0. The van der Waals surface area contributed by atoms with Crippen molar-refractivity contribution in [2.45, 2.75) is 32.4 Å². The smallest absolute Gasteiger partial charge is 0.355 e. The van der Waals surface area contributed by atoms with Crippen LogP contribution in [-0.2, 0) is 4.79 Å². The molecule has 0 fully saturated rings. The Hall–Kier alpha value is -0.780. The lowest BCUT2D eigenvalue weighted by Crippen LogP contribution is -2.35. The lowest BCUT2D eigenvalue weighted by Gasteiger charge is -2.08. The summed E-state index contributed by atoms with van der Waals surface area (Å²) < 4.78 is 35.1. The number of halogens is 3. The molecule has 6 heteroatoms. The molecule has 2 N–H and O–H groups in total. The van der Waals surface area contributed by atoms with Gasteiger partial charge in [-0.1, -0.05) is 13.3 Å². The zero-order valence-corrected chi connectivity index (χ0v) is 8.78. The molecule has 0 aliphatic rings. The second-order valence-electron chi connectivity index (χ2n) is 3.25. The van der Waals surface area contributed by atoms with Crippen LogP contribution >= 0.6 is 0 Å². The van der Waals surface area contributed by atoms with Gasteiger partial charge in [-0.25, -0.2) is 0 Å². The number of carbonyl (C=O) groups excluding carboxylic acids is 1. The number of hydrogen-bond donors (Lipinski definition) is 2. The number of rotatable bonds is 7. The molecule has 0 saturated heterocycles. The molecule has 0 radical (unpaired) electrons. The maximum Gasteiger partial charge on any atom is 0.390 e. The quantitative estimate of drug-likeness (QED) is 0.645. The van der Waals surface area contributed by atoms with Crippen molar-refractivity contribution in [3.05, 3.63) is 0 Å². The molecule has 90 valence electrons. The van der Waals surface area contributed by atoms with Gasteiger partial charge in [0.05, 0.1) is 13.0 Å². The number of nitrogens with one attached hydrogen (secondary N) is 2. The third-order valence-electron chi connectivity index (χ3n) is 1.72. The van der Waals surface area contributed by atoms with Gasteiger partial charge in [0.15, 0.2) is 0 Å². The third kappa shape index (κ3) is 11.1. The molecule has 0 heterocycles. The van der Waals surface area contributed by atoms with E-state index in [1.807, 2.05) is 6.92 Å². The topological polar surface area (TPSA) is 41.1 Å². The van der Waals surface area contributed by atoms with Gasteiger partial charge in [-0.15, -0.1) is 0 Å². The molecule has 0 rings (SSSR count). The lowest BCUT2D eigenvalue weighted by atomic mass is 10.3. The van der Waals surface area contributed by atoms with E-state index in [2.05, 4.69) is 10.6 Å². The van der Waals surface area contributed by atoms with Crippen LogP contribution in [0.5, 0.6) is 0 Å². The van der Waals surface area contributed by atoms with Crippen LogP contribution in [0.3, 0.4) is 0 Å². The van der Waals surface area contributed by atoms with Crippen LogP contribution in [0.15, 0.2) is 0 Å². The van der Waals surface area contributed by atoms with Crippen molar-refractivity contribution in [3.63, 3.8) is 0 Å². The number of hydrogen-bond acceptors (Lipinski definition) is 2. The predicted octanol–water partition coefficient (Wildman–Crippen LogP) is 1.44. The summed E-state index contributed by atoms with van der Waals surface area (Å²) in [6, 6.07) is 0. The Bertz CT molecular complexity index is 183. The molecule has 0 aliphatic heterocycles. The minimum Gasteiger partial charge on any atom is -0.355 e. The van der Waals surface area contributed by atoms with E-state index in [0.29, 0.717) is 6.54 Å². The van der Waals surface area contributed by atoms with E-state index in [0.717, 1.165) is 12.8 Å². The minimum absolute atomic E-state index is 0.0558. The number of amides is 1. The highest BCUT2D eigenvalue weighted by atomic mass is 19.4. The molecule has 1 amide bonds. The zero-order valence-electron chi connectivity index (χ0n) is 8.78. The monoisotopic (exact) mass is 226 g/mol. The summed E-state index contributed by atoms with van der Waals surface area (Å²) >= 11 is 0. The van der Waals surface area contributed by atoms with Crippen LogP contribution in [0.4, 0.5) is 13.2 Å². The first-order chi connectivity index (χ1) is 6.95. The molecular formula is C9H17F3N2O. The van der Waals surface area contributed by atoms with E-state index in [9.17, 15) is 18.0 Å². The van der Waals surface area contributed by atoms with E-state index in [4.69, 9.17) is 0 Å². The SMILES string of the molecule is CCCCNC(=O)CNCCC(F)(F)F. The Balaban J connectivity index is 3.32. The van der Waals surface area contributed by atoms with E-state index in [-0.39, 0.29) is 19.0 Å². The van der Waals surface area contributed by atoms with Crippen LogP contribution in [0, 0.1) is 0 Å². The average Bonchev–Trinajstić information content (AvgIpc) is 2.11. The fourth-order valence-electron chi connectivity index (χ4n) is 0.899. The van der Waals surface area contributed by atoms with E-state index < -0.39 is 12.6 Å². The Kier molecular flexibility index (Phi) is 7.11. The first kappa shape index (κ1) is 14.2. The third-order valence-corrected chi connectivity index (χ3v) is 1.72.